The van der Waals surface area contributed by atoms with E-state index < -0.39 is 0 Å². The van der Waals surface area contributed by atoms with Gasteiger partial charge in [0.05, 0.1) is 12.2 Å². The third-order valence-electron chi connectivity index (χ3n) is 4.03. The van der Waals surface area contributed by atoms with Crippen molar-refractivity contribution in [2.24, 2.45) is 0 Å². The largest absolute Gasteiger partial charge is 0.462 e. The number of benzene rings is 2. The maximum absolute atomic E-state index is 11.7. The number of hydrogen-bond donors (Lipinski definition) is 2. The van der Waals surface area contributed by atoms with Gasteiger partial charge in [-0.15, -0.1) is 0 Å². The van der Waals surface area contributed by atoms with E-state index in [0.717, 1.165) is 11.5 Å². The SMILES string of the molecule is CCOC(=O)c1ccc(Nc2nccc(NCc3ccccc3C)n2)cc1. The molecule has 0 saturated heterocycles. The van der Waals surface area contributed by atoms with Gasteiger partial charge in [0, 0.05) is 18.4 Å². The Labute approximate surface area is 158 Å². The minimum absolute atomic E-state index is 0.331. The molecule has 0 unspecified atom stereocenters. The van der Waals surface area contributed by atoms with E-state index in [4.69, 9.17) is 4.74 Å². The van der Waals surface area contributed by atoms with Gasteiger partial charge in [-0.2, -0.15) is 4.98 Å². The molecule has 0 bridgehead atoms. The fourth-order valence-electron chi connectivity index (χ4n) is 2.54. The molecule has 0 radical (unpaired) electrons. The summed E-state index contributed by atoms with van der Waals surface area (Å²) in [5.41, 5.74) is 3.76. The van der Waals surface area contributed by atoms with Gasteiger partial charge in [0.2, 0.25) is 5.95 Å². The number of carbonyl (C=O) groups is 1. The molecule has 1 heterocycles. The minimum atomic E-state index is -0.331. The molecule has 2 N–H and O–H groups in total. The fourth-order valence-corrected chi connectivity index (χ4v) is 2.54. The van der Waals surface area contributed by atoms with E-state index in [1.807, 2.05) is 18.2 Å². The molecule has 6 nitrogen and oxygen atoms in total. The molecule has 6 heteroatoms. The van der Waals surface area contributed by atoms with Crippen LogP contribution in [0.3, 0.4) is 0 Å². The second kappa shape index (κ2) is 8.80. The Kier molecular flexibility index (Phi) is 5.99. The molecular weight excluding hydrogens is 340 g/mol. The van der Waals surface area contributed by atoms with Crippen molar-refractivity contribution in [3.63, 3.8) is 0 Å². The normalized spacial score (nSPS) is 10.3. The van der Waals surface area contributed by atoms with Gasteiger partial charge in [0.1, 0.15) is 5.82 Å². The van der Waals surface area contributed by atoms with Crippen LogP contribution in [0.2, 0.25) is 0 Å². The Bertz CT molecular complexity index is 910. The zero-order valence-electron chi connectivity index (χ0n) is 15.4. The van der Waals surface area contributed by atoms with Gasteiger partial charge < -0.3 is 15.4 Å². The summed E-state index contributed by atoms with van der Waals surface area (Å²) in [6.45, 7) is 4.92. The van der Waals surface area contributed by atoms with E-state index in [9.17, 15) is 4.79 Å². The van der Waals surface area contributed by atoms with Crippen LogP contribution in [-0.4, -0.2) is 22.5 Å². The van der Waals surface area contributed by atoms with Crippen molar-refractivity contribution in [1.29, 1.82) is 0 Å². The predicted octanol–water partition coefficient (Wildman–Crippen LogP) is 4.32. The molecule has 0 aliphatic carbocycles. The summed E-state index contributed by atoms with van der Waals surface area (Å²) in [7, 11) is 0. The number of aromatic nitrogens is 2. The molecule has 3 aromatic rings. The van der Waals surface area contributed by atoms with Gasteiger partial charge in [0.25, 0.3) is 0 Å². The van der Waals surface area contributed by atoms with E-state index >= 15 is 0 Å². The Morgan fingerprint density at radius 3 is 2.59 bits per heavy atom. The van der Waals surface area contributed by atoms with Crippen LogP contribution in [0.25, 0.3) is 0 Å². The highest BCUT2D eigenvalue weighted by molar-refractivity contribution is 5.89. The van der Waals surface area contributed by atoms with Crippen LogP contribution in [0.5, 0.6) is 0 Å². The molecule has 0 saturated carbocycles. The number of anilines is 3. The molecular formula is C21H22N4O2. The first-order valence-electron chi connectivity index (χ1n) is 8.81. The van der Waals surface area contributed by atoms with E-state index in [2.05, 4.69) is 39.7 Å². The fraction of sp³-hybridized carbons (Fsp3) is 0.190. The number of nitrogens with zero attached hydrogens (tertiary/aromatic N) is 2. The summed E-state index contributed by atoms with van der Waals surface area (Å²) in [5.74, 6) is 0.885. The third-order valence-corrected chi connectivity index (χ3v) is 4.03. The Balaban J connectivity index is 1.63. The van der Waals surface area contributed by atoms with Gasteiger partial charge >= 0.3 is 5.97 Å². The molecule has 0 aliphatic rings. The molecule has 138 valence electrons. The van der Waals surface area contributed by atoms with Crippen LogP contribution in [0.15, 0.2) is 60.8 Å². The molecule has 0 atom stereocenters. The Hall–Kier alpha value is -3.41. The van der Waals surface area contributed by atoms with Crippen LogP contribution in [0.1, 0.15) is 28.4 Å². The van der Waals surface area contributed by atoms with Gasteiger partial charge in [-0.05, 0) is 55.3 Å². The molecule has 0 amide bonds. The number of esters is 1. The minimum Gasteiger partial charge on any atom is -0.462 e. The van der Waals surface area contributed by atoms with Crippen LogP contribution in [0.4, 0.5) is 17.5 Å². The maximum atomic E-state index is 11.7. The molecule has 0 aliphatic heterocycles. The van der Waals surface area contributed by atoms with Crippen molar-refractivity contribution in [2.45, 2.75) is 20.4 Å². The van der Waals surface area contributed by atoms with Crippen molar-refractivity contribution in [3.8, 4) is 0 Å². The lowest BCUT2D eigenvalue weighted by molar-refractivity contribution is 0.0526. The first kappa shape index (κ1) is 18.4. The average Bonchev–Trinajstić information content (AvgIpc) is 2.68. The van der Waals surface area contributed by atoms with E-state index in [-0.39, 0.29) is 5.97 Å². The monoisotopic (exact) mass is 362 g/mol. The molecule has 0 fully saturated rings. The summed E-state index contributed by atoms with van der Waals surface area (Å²) < 4.78 is 4.98. The van der Waals surface area contributed by atoms with E-state index in [1.165, 1.54) is 11.1 Å². The number of carbonyl (C=O) groups excluding carboxylic acids is 1. The number of hydrogen-bond acceptors (Lipinski definition) is 6. The Morgan fingerprint density at radius 1 is 1.07 bits per heavy atom. The lowest BCUT2D eigenvalue weighted by Gasteiger charge is -2.10. The van der Waals surface area contributed by atoms with Crippen molar-refractivity contribution >= 4 is 23.4 Å². The first-order chi connectivity index (χ1) is 13.2. The smallest absolute Gasteiger partial charge is 0.338 e. The van der Waals surface area contributed by atoms with Crippen molar-refractivity contribution in [3.05, 3.63) is 77.5 Å². The Morgan fingerprint density at radius 2 is 1.85 bits per heavy atom. The summed E-state index contributed by atoms with van der Waals surface area (Å²) in [6.07, 6.45) is 1.70. The summed E-state index contributed by atoms with van der Waals surface area (Å²) >= 11 is 0. The predicted molar refractivity (Wildman–Crippen MR) is 106 cm³/mol. The molecule has 27 heavy (non-hydrogen) atoms. The van der Waals surface area contributed by atoms with Crippen molar-refractivity contribution < 1.29 is 9.53 Å². The lowest BCUT2D eigenvalue weighted by Crippen LogP contribution is -2.06. The quantitative estimate of drug-likeness (QED) is 0.610. The zero-order valence-corrected chi connectivity index (χ0v) is 15.4. The maximum Gasteiger partial charge on any atom is 0.338 e. The van der Waals surface area contributed by atoms with E-state index in [1.54, 1.807) is 37.4 Å². The zero-order chi connectivity index (χ0) is 19.1. The highest BCUT2D eigenvalue weighted by Gasteiger charge is 2.06. The van der Waals surface area contributed by atoms with Crippen LogP contribution in [0, 0.1) is 6.92 Å². The van der Waals surface area contributed by atoms with Gasteiger partial charge in [0.15, 0.2) is 0 Å². The highest BCUT2D eigenvalue weighted by Crippen LogP contribution is 2.16. The summed E-state index contributed by atoms with van der Waals surface area (Å²) in [5, 5.41) is 6.45. The highest BCUT2D eigenvalue weighted by atomic mass is 16.5. The molecule has 1 aromatic heterocycles. The van der Waals surface area contributed by atoms with Gasteiger partial charge in [-0.25, -0.2) is 9.78 Å². The number of nitrogens with one attached hydrogen (secondary N) is 2. The summed E-state index contributed by atoms with van der Waals surface area (Å²) in [6, 6.07) is 17.1. The topological polar surface area (TPSA) is 76.1 Å². The lowest BCUT2D eigenvalue weighted by atomic mass is 10.1. The number of rotatable bonds is 7. The van der Waals surface area contributed by atoms with Gasteiger partial charge in [-0.1, -0.05) is 24.3 Å². The van der Waals surface area contributed by atoms with Crippen LogP contribution in [-0.2, 0) is 11.3 Å². The number of aryl methyl sites for hydroxylation is 1. The third kappa shape index (κ3) is 5.04. The second-order valence-electron chi connectivity index (χ2n) is 5.97. The second-order valence-corrected chi connectivity index (χ2v) is 5.97. The molecule has 2 aromatic carbocycles. The van der Waals surface area contributed by atoms with Gasteiger partial charge in [-0.3, -0.25) is 0 Å². The number of ether oxygens (including phenoxy) is 1. The van der Waals surface area contributed by atoms with E-state index in [0.29, 0.717) is 24.7 Å². The molecule has 0 spiro atoms. The van der Waals surface area contributed by atoms with Crippen molar-refractivity contribution in [2.75, 3.05) is 17.2 Å². The van der Waals surface area contributed by atoms with Crippen LogP contribution < -0.4 is 10.6 Å². The van der Waals surface area contributed by atoms with Crippen LogP contribution >= 0.6 is 0 Å². The standard InChI is InChI=1S/C21H22N4O2/c1-3-27-20(26)16-8-10-18(11-9-16)24-21-22-13-12-19(25-21)23-14-17-7-5-4-6-15(17)2/h4-13H,3,14H2,1-2H3,(H2,22,23,24,25). The molecule has 3 rings (SSSR count). The first-order valence-corrected chi connectivity index (χ1v) is 8.81. The summed E-state index contributed by atoms with van der Waals surface area (Å²) in [4.78, 5) is 20.4. The van der Waals surface area contributed by atoms with Crippen molar-refractivity contribution in [1.82, 2.24) is 9.97 Å². The average molecular weight is 362 g/mol.